The first kappa shape index (κ1) is 17.0. The number of furan rings is 1. The van der Waals surface area contributed by atoms with Crippen molar-refractivity contribution in [3.8, 4) is 10.6 Å². The van der Waals surface area contributed by atoms with Crippen LogP contribution in [0.1, 0.15) is 10.6 Å². The molecule has 3 aromatic rings. The molecule has 2 heterocycles. The van der Waals surface area contributed by atoms with E-state index in [1.54, 1.807) is 17.4 Å². The van der Waals surface area contributed by atoms with Gasteiger partial charge in [-0.15, -0.1) is 11.3 Å². The molecule has 1 aromatic carbocycles. The van der Waals surface area contributed by atoms with Crippen LogP contribution in [-0.4, -0.2) is 11.5 Å². The van der Waals surface area contributed by atoms with Gasteiger partial charge in [-0.2, -0.15) is 0 Å². The van der Waals surface area contributed by atoms with Crippen molar-refractivity contribution >= 4 is 50.5 Å². The van der Waals surface area contributed by atoms with Crippen molar-refractivity contribution < 1.29 is 4.42 Å². The fourth-order valence-electron chi connectivity index (χ4n) is 2.10. The SMILES string of the molecule is Clc1ccc(CCNCc2ncc(-c3ccc(Br)o3)s2)c(Cl)c1. The molecule has 1 N–H and O–H groups in total. The third-order valence-electron chi connectivity index (χ3n) is 3.23. The van der Waals surface area contributed by atoms with Crippen LogP contribution in [0.2, 0.25) is 10.0 Å². The Hall–Kier alpha value is -0.850. The van der Waals surface area contributed by atoms with E-state index < -0.39 is 0 Å². The van der Waals surface area contributed by atoms with Crippen molar-refractivity contribution in [2.24, 2.45) is 0 Å². The van der Waals surface area contributed by atoms with Gasteiger partial charge >= 0.3 is 0 Å². The summed E-state index contributed by atoms with van der Waals surface area (Å²) in [4.78, 5) is 5.43. The lowest BCUT2D eigenvalue weighted by Crippen LogP contribution is -2.16. The maximum atomic E-state index is 6.16. The van der Waals surface area contributed by atoms with Crippen LogP contribution in [0.3, 0.4) is 0 Å². The molecule has 0 unspecified atom stereocenters. The Labute approximate surface area is 156 Å². The van der Waals surface area contributed by atoms with Gasteiger partial charge in [0.2, 0.25) is 0 Å². The van der Waals surface area contributed by atoms with Crippen LogP contribution in [0.15, 0.2) is 45.6 Å². The lowest BCUT2D eigenvalue weighted by molar-refractivity contribution is 0.557. The van der Waals surface area contributed by atoms with Crippen molar-refractivity contribution in [1.29, 1.82) is 0 Å². The van der Waals surface area contributed by atoms with Crippen molar-refractivity contribution in [1.82, 2.24) is 10.3 Å². The molecule has 0 aliphatic carbocycles. The summed E-state index contributed by atoms with van der Waals surface area (Å²) in [6, 6.07) is 9.40. The van der Waals surface area contributed by atoms with Gasteiger partial charge in [0.25, 0.3) is 0 Å². The second kappa shape index (κ2) is 7.81. The second-order valence-electron chi connectivity index (χ2n) is 4.88. The maximum absolute atomic E-state index is 6.16. The van der Waals surface area contributed by atoms with Crippen LogP contribution in [0.4, 0.5) is 0 Å². The molecular weight excluding hydrogens is 419 g/mol. The summed E-state index contributed by atoms with van der Waals surface area (Å²) in [6.45, 7) is 1.54. The molecule has 3 rings (SSSR count). The molecule has 7 heteroatoms. The summed E-state index contributed by atoms with van der Waals surface area (Å²) in [5, 5.41) is 5.77. The summed E-state index contributed by atoms with van der Waals surface area (Å²) >= 11 is 17.0. The lowest BCUT2D eigenvalue weighted by atomic mass is 10.1. The summed E-state index contributed by atoms with van der Waals surface area (Å²) in [7, 11) is 0. The topological polar surface area (TPSA) is 38.1 Å². The zero-order valence-corrected chi connectivity index (χ0v) is 15.9. The average Bonchev–Trinajstić information content (AvgIpc) is 3.14. The average molecular weight is 432 g/mol. The third-order valence-corrected chi connectivity index (χ3v) is 5.26. The molecule has 120 valence electrons. The van der Waals surface area contributed by atoms with Crippen LogP contribution in [-0.2, 0) is 13.0 Å². The molecule has 0 fully saturated rings. The van der Waals surface area contributed by atoms with Crippen molar-refractivity contribution in [2.75, 3.05) is 6.54 Å². The van der Waals surface area contributed by atoms with Crippen LogP contribution < -0.4 is 5.32 Å². The number of thiazole rings is 1. The predicted octanol–water partition coefficient (Wildman–Crippen LogP) is 5.80. The highest BCUT2D eigenvalue weighted by Crippen LogP contribution is 2.29. The smallest absolute Gasteiger partial charge is 0.169 e. The Bertz CT molecular complexity index is 803. The molecule has 23 heavy (non-hydrogen) atoms. The molecule has 0 atom stereocenters. The first-order chi connectivity index (χ1) is 11.1. The Morgan fingerprint density at radius 2 is 2.09 bits per heavy atom. The number of nitrogens with one attached hydrogen (secondary N) is 1. The number of halogens is 3. The summed E-state index contributed by atoms with van der Waals surface area (Å²) < 4.78 is 6.25. The monoisotopic (exact) mass is 430 g/mol. The van der Waals surface area contributed by atoms with Gasteiger partial charge in [0.15, 0.2) is 4.67 Å². The minimum absolute atomic E-state index is 0.659. The zero-order valence-electron chi connectivity index (χ0n) is 12.0. The lowest BCUT2D eigenvalue weighted by Gasteiger charge is -2.05. The normalized spacial score (nSPS) is 11.1. The molecule has 0 aliphatic heterocycles. The predicted molar refractivity (Wildman–Crippen MR) is 99.4 cm³/mol. The summed E-state index contributed by atoms with van der Waals surface area (Å²) in [5.74, 6) is 0.827. The Kier molecular flexibility index (Phi) is 5.77. The number of aromatic nitrogens is 1. The summed E-state index contributed by atoms with van der Waals surface area (Å²) in [5.41, 5.74) is 1.09. The molecule has 0 bridgehead atoms. The van der Waals surface area contributed by atoms with Crippen LogP contribution in [0.25, 0.3) is 10.6 Å². The van der Waals surface area contributed by atoms with Crippen molar-refractivity contribution in [3.63, 3.8) is 0 Å². The van der Waals surface area contributed by atoms with Gasteiger partial charge < -0.3 is 9.73 Å². The maximum Gasteiger partial charge on any atom is 0.169 e. The van der Waals surface area contributed by atoms with Gasteiger partial charge in [-0.05, 0) is 58.7 Å². The fraction of sp³-hybridized carbons (Fsp3) is 0.188. The number of hydrogen-bond donors (Lipinski definition) is 1. The highest BCUT2D eigenvalue weighted by molar-refractivity contribution is 9.10. The molecule has 0 amide bonds. The van der Waals surface area contributed by atoms with E-state index >= 15 is 0 Å². The van der Waals surface area contributed by atoms with Crippen molar-refractivity contribution in [3.05, 3.63) is 61.8 Å². The van der Waals surface area contributed by atoms with E-state index in [4.69, 9.17) is 27.6 Å². The van der Waals surface area contributed by atoms with Crippen LogP contribution >= 0.6 is 50.5 Å². The van der Waals surface area contributed by atoms with E-state index in [-0.39, 0.29) is 0 Å². The largest absolute Gasteiger partial charge is 0.448 e. The molecule has 0 saturated carbocycles. The molecule has 2 aromatic heterocycles. The van der Waals surface area contributed by atoms with E-state index in [2.05, 4.69) is 26.2 Å². The van der Waals surface area contributed by atoms with E-state index in [0.717, 1.165) is 45.4 Å². The second-order valence-corrected chi connectivity index (χ2v) is 7.62. The van der Waals surface area contributed by atoms with Gasteiger partial charge in [0, 0.05) is 22.8 Å². The Morgan fingerprint density at radius 3 is 2.83 bits per heavy atom. The van der Waals surface area contributed by atoms with Gasteiger partial charge in [0.1, 0.15) is 10.8 Å². The molecule has 3 nitrogen and oxygen atoms in total. The molecule has 0 radical (unpaired) electrons. The number of nitrogens with zero attached hydrogens (tertiary/aromatic N) is 1. The minimum atomic E-state index is 0.659. The number of rotatable bonds is 6. The molecule has 0 saturated heterocycles. The Morgan fingerprint density at radius 1 is 1.22 bits per heavy atom. The first-order valence-electron chi connectivity index (χ1n) is 6.97. The minimum Gasteiger partial charge on any atom is -0.448 e. The summed E-state index contributed by atoms with van der Waals surface area (Å²) in [6.07, 6.45) is 2.68. The number of hydrogen-bond acceptors (Lipinski definition) is 4. The Balaban J connectivity index is 1.50. The van der Waals surface area contributed by atoms with Crippen molar-refractivity contribution in [2.45, 2.75) is 13.0 Å². The number of benzene rings is 1. The molecule has 0 spiro atoms. The van der Waals surface area contributed by atoms with Crippen LogP contribution in [0, 0.1) is 0 Å². The third kappa shape index (κ3) is 4.58. The van der Waals surface area contributed by atoms with E-state index in [1.165, 1.54) is 0 Å². The van der Waals surface area contributed by atoms with Gasteiger partial charge in [0.05, 0.1) is 4.88 Å². The van der Waals surface area contributed by atoms with Gasteiger partial charge in [-0.3, -0.25) is 0 Å². The molecular formula is C16H13BrCl2N2OS. The highest BCUT2D eigenvalue weighted by atomic mass is 79.9. The van der Waals surface area contributed by atoms with Crippen LogP contribution in [0.5, 0.6) is 0 Å². The van der Waals surface area contributed by atoms with E-state index in [1.807, 2.05) is 30.5 Å². The van der Waals surface area contributed by atoms with E-state index in [0.29, 0.717) is 10.0 Å². The van der Waals surface area contributed by atoms with E-state index in [9.17, 15) is 0 Å². The fourth-order valence-corrected chi connectivity index (χ4v) is 3.75. The van der Waals surface area contributed by atoms with Gasteiger partial charge in [-0.25, -0.2) is 4.98 Å². The first-order valence-corrected chi connectivity index (χ1v) is 9.33. The molecule has 0 aliphatic rings. The van der Waals surface area contributed by atoms with Gasteiger partial charge in [-0.1, -0.05) is 29.3 Å². The standard InChI is InChI=1S/C16H13BrCl2N2OS/c17-15-4-3-13(22-15)14-8-21-16(23-14)9-20-6-5-10-1-2-11(18)7-12(10)19/h1-4,7-8,20H,5-6,9H2. The zero-order chi connectivity index (χ0) is 16.2. The highest BCUT2D eigenvalue weighted by Gasteiger charge is 2.08. The quantitative estimate of drug-likeness (QED) is 0.500.